The van der Waals surface area contributed by atoms with Gasteiger partial charge < -0.3 is 15.3 Å². The molecule has 8 heteroatoms. The molecular weight excluding hydrogens is 322 g/mol. The number of alkyl halides is 2. The van der Waals surface area contributed by atoms with E-state index in [1.54, 1.807) is 18.2 Å². The first-order chi connectivity index (χ1) is 9.97. The molecule has 1 saturated heterocycles. The summed E-state index contributed by atoms with van der Waals surface area (Å²) in [5.74, 6) is -0.394. The number of aliphatic hydroxyl groups is 1. The van der Waals surface area contributed by atoms with E-state index < -0.39 is 18.3 Å². The minimum atomic E-state index is -2.46. The molecule has 0 spiro atoms. The standard InChI is InChI=1S/C13H15ClF2N2O2S/c14-9-2-1-3-10(12(9)21-7-11(15)16)17-13(20)18-5-4-8(19)6-18/h1-3,8,11,19H,4-7H2,(H,17,20)/t8-/m1/s1. The first kappa shape index (κ1) is 16.3. The van der Waals surface area contributed by atoms with Gasteiger partial charge in [0.25, 0.3) is 0 Å². The normalized spacial score (nSPS) is 18.3. The van der Waals surface area contributed by atoms with E-state index in [2.05, 4.69) is 5.32 Å². The zero-order valence-electron chi connectivity index (χ0n) is 11.1. The molecule has 1 aliphatic heterocycles. The molecule has 4 nitrogen and oxygen atoms in total. The van der Waals surface area contributed by atoms with Crippen LogP contribution in [0.15, 0.2) is 23.1 Å². The lowest BCUT2D eigenvalue weighted by molar-refractivity contribution is 0.176. The Hall–Kier alpha value is -1.05. The fourth-order valence-electron chi connectivity index (χ4n) is 2.02. The van der Waals surface area contributed by atoms with Crippen LogP contribution in [0.25, 0.3) is 0 Å². The molecule has 21 heavy (non-hydrogen) atoms. The molecule has 0 aromatic heterocycles. The van der Waals surface area contributed by atoms with Crippen molar-refractivity contribution in [1.82, 2.24) is 4.90 Å². The minimum Gasteiger partial charge on any atom is -0.391 e. The molecule has 1 fully saturated rings. The van der Waals surface area contributed by atoms with Crippen molar-refractivity contribution in [3.05, 3.63) is 23.2 Å². The Bertz CT molecular complexity index is 519. The van der Waals surface area contributed by atoms with Gasteiger partial charge in [-0.15, -0.1) is 11.8 Å². The summed E-state index contributed by atoms with van der Waals surface area (Å²) in [4.78, 5) is 14.0. The van der Waals surface area contributed by atoms with Crippen molar-refractivity contribution in [1.29, 1.82) is 0 Å². The van der Waals surface area contributed by atoms with Gasteiger partial charge in [-0.25, -0.2) is 13.6 Å². The van der Waals surface area contributed by atoms with Crippen LogP contribution in [0, 0.1) is 0 Å². The van der Waals surface area contributed by atoms with E-state index in [-0.39, 0.29) is 12.6 Å². The van der Waals surface area contributed by atoms with Gasteiger partial charge in [0.2, 0.25) is 6.43 Å². The summed E-state index contributed by atoms with van der Waals surface area (Å²) in [5.41, 5.74) is 0.402. The van der Waals surface area contributed by atoms with Gasteiger partial charge in [0.05, 0.1) is 22.6 Å². The summed E-state index contributed by atoms with van der Waals surface area (Å²) in [6.07, 6.45) is -2.43. The summed E-state index contributed by atoms with van der Waals surface area (Å²) >= 11 is 6.91. The van der Waals surface area contributed by atoms with Gasteiger partial charge in [-0.2, -0.15) is 0 Å². The number of nitrogens with zero attached hydrogens (tertiary/aromatic N) is 1. The van der Waals surface area contributed by atoms with Crippen LogP contribution in [0.3, 0.4) is 0 Å². The second kappa shape index (κ2) is 7.29. The highest BCUT2D eigenvalue weighted by Gasteiger charge is 2.25. The van der Waals surface area contributed by atoms with Gasteiger partial charge in [-0.3, -0.25) is 0 Å². The Kier molecular flexibility index (Phi) is 5.66. The molecule has 1 heterocycles. The number of rotatable bonds is 4. The van der Waals surface area contributed by atoms with Gasteiger partial charge in [0, 0.05) is 18.0 Å². The molecular formula is C13H15ClF2N2O2S. The maximum Gasteiger partial charge on any atom is 0.321 e. The number of carbonyl (C=O) groups is 1. The molecule has 0 unspecified atom stereocenters. The number of thioether (sulfide) groups is 1. The lowest BCUT2D eigenvalue weighted by atomic mass is 10.3. The minimum absolute atomic E-state index is 0.270. The van der Waals surface area contributed by atoms with Gasteiger partial charge in [0.1, 0.15) is 0 Å². The lowest BCUT2D eigenvalue weighted by Crippen LogP contribution is -2.33. The van der Waals surface area contributed by atoms with Crippen LogP contribution in [0.2, 0.25) is 5.02 Å². The Morgan fingerprint density at radius 1 is 1.57 bits per heavy atom. The van der Waals surface area contributed by atoms with E-state index in [0.29, 0.717) is 28.6 Å². The van der Waals surface area contributed by atoms with Gasteiger partial charge in [-0.1, -0.05) is 17.7 Å². The van der Waals surface area contributed by atoms with Crippen LogP contribution in [-0.2, 0) is 0 Å². The molecule has 1 atom stereocenters. The number of nitrogens with one attached hydrogen (secondary N) is 1. The van der Waals surface area contributed by atoms with E-state index in [9.17, 15) is 18.7 Å². The third-order valence-corrected chi connectivity index (χ3v) is 4.59. The summed E-state index contributed by atoms with van der Waals surface area (Å²) in [6, 6.07) is 4.48. The average Bonchev–Trinajstić information content (AvgIpc) is 2.84. The van der Waals surface area contributed by atoms with Crippen LogP contribution in [0.4, 0.5) is 19.3 Å². The zero-order valence-corrected chi connectivity index (χ0v) is 12.6. The predicted molar refractivity (Wildman–Crippen MR) is 79.4 cm³/mol. The molecule has 1 aliphatic rings. The number of benzene rings is 1. The van der Waals surface area contributed by atoms with E-state index >= 15 is 0 Å². The number of anilines is 1. The highest BCUT2D eigenvalue weighted by molar-refractivity contribution is 7.99. The quantitative estimate of drug-likeness (QED) is 0.829. The number of halogens is 3. The second-order valence-electron chi connectivity index (χ2n) is 4.64. The van der Waals surface area contributed by atoms with Gasteiger partial charge in [0.15, 0.2) is 0 Å². The molecule has 0 saturated carbocycles. The highest BCUT2D eigenvalue weighted by atomic mass is 35.5. The molecule has 0 aliphatic carbocycles. The van der Waals surface area contributed by atoms with Gasteiger partial charge >= 0.3 is 6.03 Å². The third-order valence-electron chi connectivity index (χ3n) is 3.01. The number of β-amino-alcohol motifs (C(OH)–C–C–N with tert-alkyl or cyclic N) is 1. The van der Waals surface area contributed by atoms with E-state index in [4.69, 9.17) is 11.6 Å². The zero-order chi connectivity index (χ0) is 15.4. The Balaban J connectivity index is 2.08. The topological polar surface area (TPSA) is 52.6 Å². The van der Waals surface area contributed by atoms with Crippen molar-refractivity contribution >= 4 is 35.1 Å². The summed E-state index contributed by atoms with van der Waals surface area (Å²) in [5, 5.41) is 12.4. The maximum absolute atomic E-state index is 12.3. The number of urea groups is 1. The molecule has 2 rings (SSSR count). The van der Waals surface area contributed by atoms with Crippen molar-refractivity contribution in [3.63, 3.8) is 0 Å². The SMILES string of the molecule is O=C(Nc1cccc(Cl)c1SCC(F)F)N1CC[C@@H](O)C1. The number of aliphatic hydroxyl groups excluding tert-OH is 1. The summed E-state index contributed by atoms with van der Waals surface area (Å²) in [7, 11) is 0. The Labute approximate surface area is 130 Å². The molecule has 116 valence electrons. The molecule has 1 aromatic rings. The summed E-state index contributed by atoms with van der Waals surface area (Å²) < 4.78 is 24.7. The first-order valence-corrected chi connectivity index (χ1v) is 7.77. The van der Waals surface area contributed by atoms with E-state index in [0.717, 1.165) is 11.8 Å². The monoisotopic (exact) mass is 336 g/mol. The largest absolute Gasteiger partial charge is 0.391 e. The Morgan fingerprint density at radius 3 is 2.95 bits per heavy atom. The van der Waals surface area contributed by atoms with Crippen LogP contribution in [-0.4, -0.2) is 47.4 Å². The lowest BCUT2D eigenvalue weighted by Gasteiger charge is -2.18. The third kappa shape index (κ3) is 4.46. The van der Waals surface area contributed by atoms with Crippen molar-refractivity contribution in [3.8, 4) is 0 Å². The van der Waals surface area contributed by atoms with Crippen molar-refractivity contribution in [2.24, 2.45) is 0 Å². The van der Waals surface area contributed by atoms with Crippen LogP contribution >= 0.6 is 23.4 Å². The smallest absolute Gasteiger partial charge is 0.321 e. The number of hydrogen-bond acceptors (Lipinski definition) is 3. The summed E-state index contributed by atoms with van der Waals surface area (Å²) in [6.45, 7) is 0.735. The highest BCUT2D eigenvalue weighted by Crippen LogP contribution is 2.35. The van der Waals surface area contributed by atoms with Crippen LogP contribution < -0.4 is 5.32 Å². The number of hydrogen-bond donors (Lipinski definition) is 2. The number of carbonyl (C=O) groups excluding carboxylic acids is 1. The number of amides is 2. The second-order valence-corrected chi connectivity index (χ2v) is 6.07. The molecule has 0 bridgehead atoms. The molecule has 0 radical (unpaired) electrons. The fourth-order valence-corrected chi connectivity index (χ4v) is 3.13. The van der Waals surface area contributed by atoms with Crippen molar-refractivity contribution < 1.29 is 18.7 Å². The predicted octanol–water partition coefficient (Wildman–Crippen LogP) is 3.30. The van der Waals surface area contributed by atoms with Crippen LogP contribution in [0.1, 0.15) is 6.42 Å². The molecule has 2 N–H and O–H groups in total. The van der Waals surface area contributed by atoms with Crippen molar-refractivity contribution in [2.75, 3.05) is 24.2 Å². The van der Waals surface area contributed by atoms with E-state index in [1.165, 1.54) is 4.90 Å². The maximum atomic E-state index is 12.3. The van der Waals surface area contributed by atoms with E-state index in [1.807, 2.05) is 0 Å². The average molecular weight is 337 g/mol. The molecule has 2 amide bonds. The molecule has 1 aromatic carbocycles. The van der Waals surface area contributed by atoms with Gasteiger partial charge in [-0.05, 0) is 18.6 Å². The van der Waals surface area contributed by atoms with Crippen molar-refractivity contribution in [2.45, 2.75) is 23.8 Å². The fraction of sp³-hybridized carbons (Fsp3) is 0.462. The van der Waals surface area contributed by atoms with Crippen LogP contribution in [0.5, 0.6) is 0 Å². The first-order valence-electron chi connectivity index (χ1n) is 6.41. The number of likely N-dealkylation sites (tertiary alicyclic amines) is 1. The Morgan fingerprint density at radius 2 is 2.33 bits per heavy atom.